The molecule has 1 aromatic carbocycles. The summed E-state index contributed by atoms with van der Waals surface area (Å²) in [5.74, 6) is 2.47. The molecule has 3 N–H and O–H groups in total. The zero-order chi connectivity index (χ0) is 20.8. The minimum atomic E-state index is -1.12. The van der Waals surface area contributed by atoms with Crippen LogP contribution in [0.25, 0.3) is 0 Å². The number of hydrogen-bond acceptors (Lipinski definition) is 5. The van der Waals surface area contributed by atoms with Gasteiger partial charge in [0.15, 0.2) is 0 Å². The second-order valence-corrected chi connectivity index (χ2v) is 9.59. The number of aliphatic hydroxyl groups excluding tert-OH is 2. The number of aryl methyl sites for hydroxylation is 1. The van der Waals surface area contributed by atoms with Crippen LogP contribution in [0.2, 0.25) is 0 Å². The van der Waals surface area contributed by atoms with Crippen LogP contribution in [0.5, 0.6) is 5.75 Å². The van der Waals surface area contributed by atoms with Crippen molar-refractivity contribution in [3.05, 3.63) is 29.3 Å². The Kier molecular flexibility index (Phi) is 5.20. The number of aliphatic hydroxyl groups is 2. The van der Waals surface area contributed by atoms with E-state index in [2.05, 4.69) is 18.3 Å². The molecule has 0 radical (unpaired) electrons. The smallest absolute Gasteiger partial charge is 0.410 e. The van der Waals surface area contributed by atoms with E-state index < -0.39 is 11.6 Å². The molecule has 4 atom stereocenters. The number of Topliss-reactive ketones (excluding diaryl/α,β-unsaturated/α-hetero) is 1. The maximum absolute atomic E-state index is 12.5. The van der Waals surface area contributed by atoms with E-state index >= 15 is 0 Å². The molecule has 3 aliphatic rings. The van der Waals surface area contributed by atoms with Crippen molar-refractivity contribution in [3.63, 3.8) is 0 Å². The van der Waals surface area contributed by atoms with Crippen LogP contribution in [0, 0.1) is 17.3 Å². The standard InChI is InChI=1S/C23H31NO5/c1-22(12-25,13-26)24-21(28)29-15-4-6-16-14(11-15)3-5-18-17(16)9-10-23(2)19(18)7-8-20(23)27/h4,6,11,17-19,25-26H,3,5,7-10,12-13H2,1-2H3,(H,24,28). The quantitative estimate of drug-likeness (QED) is 0.721. The summed E-state index contributed by atoms with van der Waals surface area (Å²) < 4.78 is 5.40. The Hall–Kier alpha value is -1.92. The Bertz CT molecular complexity index is 817. The minimum Gasteiger partial charge on any atom is -0.410 e. The number of nitrogens with one attached hydrogen (secondary N) is 1. The molecular formula is C23H31NO5. The van der Waals surface area contributed by atoms with Crippen molar-refractivity contribution in [2.24, 2.45) is 17.3 Å². The van der Waals surface area contributed by atoms with E-state index in [0.29, 0.717) is 29.3 Å². The zero-order valence-electron chi connectivity index (χ0n) is 17.2. The summed E-state index contributed by atoms with van der Waals surface area (Å²) in [4.78, 5) is 24.6. The van der Waals surface area contributed by atoms with E-state index in [4.69, 9.17) is 4.74 Å². The summed E-state index contributed by atoms with van der Waals surface area (Å²) in [5, 5.41) is 21.1. The molecule has 0 saturated heterocycles. The van der Waals surface area contributed by atoms with Crippen LogP contribution in [-0.4, -0.2) is 40.8 Å². The molecule has 158 valence electrons. The van der Waals surface area contributed by atoms with Crippen LogP contribution in [0.3, 0.4) is 0 Å². The lowest BCUT2D eigenvalue weighted by atomic mass is 9.55. The van der Waals surface area contributed by atoms with Crippen LogP contribution < -0.4 is 10.1 Å². The average Bonchev–Trinajstić information content (AvgIpc) is 3.02. The van der Waals surface area contributed by atoms with Gasteiger partial charge >= 0.3 is 6.09 Å². The Labute approximate surface area is 171 Å². The molecule has 0 bridgehead atoms. The van der Waals surface area contributed by atoms with E-state index in [-0.39, 0.29) is 18.6 Å². The SMILES string of the molecule is CC(CO)(CO)NC(=O)Oc1ccc2c(c1)CCC1C2CCC2(C)C(=O)CCC12. The molecule has 0 aliphatic heterocycles. The van der Waals surface area contributed by atoms with Gasteiger partial charge in [-0.3, -0.25) is 4.79 Å². The Balaban J connectivity index is 1.49. The first-order valence-electron chi connectivity index (χ1n) is 10.7. The fourth-order valence-electron chi connectivity index (χ4n) is 5.90. The molecular weight excluding hydrogens is 370 g/mol. The van der Waals surface area contributed by atoms with E-state index in [1.54, 1.807) is 6.92 Å². The third kappa shape index (κ3) is 3.46. The second-order valence-electron chi connectivity index (χ2n) is 9.59. The maximum atomic E-state index is 12.5. The van der Waals surface area contributed by atoms with Gasteiger partial charge in [-0.2, -0.15) is 0 Å². The van der Waals surface area contributed by atoms with Gasteiger partial charge in [-0.15, -0.1) is 0 Å². The van der Waals surface area contributed by atoms with Crippen molar-refractivity contribution in [2.45, 2.75) is 63.8 Å². The van der Waals surface area contributed by atoms with Crippen molar-refractivity contribution >= 4 is 11.9 Å². The summed E-state index contributed by atoms with van der Waals surface area (Å²) in [6.45, 7) is 2.97. The monoisotopic (exact) mass is 401 g/mol. The second kappa shape index (κ2) is 7.40. The summed E-state index contributed by atoms with van der Waals surface area (Å²) >= 11 is 0. The normalized spacial score (nSPS) is 30.9. The van der Waals surface area contributed by atoms with Gasteiger partial charge in [0.05, 0.1) is 18.8 Å². The van der Waals surface area contributed by atoms with Gasteiger partial charge in [0.2, 0.25) is 0 Å². The topological polar surface area (TPSA) is 95.9 Å². The first-order chi connectivity index (χ1) is 13.8. The van der Waals surface area contributed by atoms with Gasteiger partial charge in [-0.1, -0.05) is 13.0 Å². The van der Waals surface area contributed by atoms with Crippen molar-refractivity contribution in [2.75, 3.05) is 13.2 Å². The highest BCUT2D eigenvalue weighted by Gasteiger charge is 2.54. The molecule has 0 spiro atoms. The van der Waals surface area contributed by atoms with Crippen molar-refractivity contribution in [1.82, 2.24) is 5.32 Å². The van der Waals surface area contributed by atoms with E-state index in [0.717, 1.165) is 38.5 Å². The Morgan fingerprint density at radius 1 is 1.24 bits per heavy atom. The zero-order valence-corrected chi connectivity index (χ0v) is 17.2. The largest absolute Gasteiger partial charge is 0.413 e. The lowest BCUT2D eigenvalue weighted by Gasteiger charge is -2.48. The fraction of sp³-hybridized carbons (Fsp3) is 0.652. The molecule has 29 heavy (non-hydrogen) atoms. The van der Waals surface area contributed by atoms with Gasteiger partial charge in [0.1, 0.15) is 11.5 Å². The Morgan fingerprint density at radius 2 is 2.00 bits per heavy atom. The first-order valence-corrected chi connectivity index (χ1v) is 10.7. The molecule has 4 unspecified atom stereocenters. The number of carbonyl (C=O) groups is 2. The van der Waals surface area contributed by atoms with E-state index in [1.165, 1.54) is 11.1 Å². The molecule has 3 aliphatic carbocycles. The predicted molar refractivity (Wildman–Crippen MR) is 108 cm³/mol. The lowest BCUT2D eigenvalue weighted by Crippen LogP contribution is -2.52. The molecule has 0 heterocycles. The number of benzene rings is 1. The third-order valence-electron chi connectivity index (χ3n) is 7.72. The average molecular weight is 402 g/mol. The number of ketones is 1. The summed E-state index contributed by atoms with van der Waals surface area (Å²) in [7, 11) is 0. The molecule has 1 aromatic rings. The molecule has 2 saturated carbocycles. The first kappa shape index (κ1) is 20.4. The number of ether oxygens (including phenoxy) is 1. The van der Waals surface area contributed by atoms with Crippen molar-refractivity contribution < 1.29 is 24.5 Å². The van der Waals surface area contributed by atoms with E-state index in [9.17, 15) is 19.8 Å². The third-order valence-corrected chi connectivity index (χ3v) is 7.72. The molecule has 6 heteroatoms. The Morgan fingerprint density at radius 3 is 2.72 bits per heavy atom. The molecule has 4 rings (SSSR count). The number of rotatable bonds is 4. The van der Waals surface area contributed by atoms with Crippen LogP contribution in [0.1, 0.15) is 63.0 Å². The summed E-state index contributed by atoms with van der Waals surface area (Å²) in [5.41, 5.74) is 1.32. The maximum Gasteiger partial charge on any atom is 0.413 e. The molecule has 1 amide bonds. The molecule has 0 aromatic heterocycles. The summed E-state index contributed by atoms with van der Waals surface area (Å²) in [6.07, 6.45) is 5.10. The summed E-state index contributed by atoms with van der Waals surface area (Å²) in [6, 6.07) is 5.84. The van der Waals surface area contributed by atoms with Gasteiger partial charge in [0, 0.05) is 11.8 Å². The minimum absolute atomic E-state index is 0.119. The fourth-order valence-corrected chi connectivity index (χ4v) is 5.90. The van der Waals surface area contributed by atoms with Gasteiger partial charge in [0.25, 0.3) is 0 Å². The lowest BCUT2D eigenvalue weighted by molar-refractivity contribution is -0.129. The predicted octanol–water partition coefficient (Wildman–Crippen LogP) is 2.94. The highest BCUT2D eigenvalue weighted by atomic mass is 16.6. The number of carbonyl (C=O) groups excluding carboxylic acids is 2. The highest BCUT2D eigenvalue weighted by molar-refractivity contribution is 5.87. The van der Waals surface area contributed by atoms with Gasteiger partial charge < -0.3 is 20.3 Å². The van der Waals surface area contributed by atoms with E-state index in [1.807, 2.05) is 12.1 Å². The van der Waals surface area contributed by atoms with Crippen molar-refractivity contribution in [1.29, 1.82) is 0 Å². The van der Waals surface area contributed by atoms with Crippen LogP contribution >= 0.6 is 0 Å². The van der Waals surface area contributed by atoms with Gasteiger partial charge in [-0.05, 0) is 80.0 Å². The van der Waals surface area contributed by atoms with Crippen LogP contribution in [0.4, 0.5) is 4.79 Å². The number of fused-ring (bicyclic) bond motifs is 5. The van der Waals surface area contributed by atoms with Crippen LogP contribution in [0.15, 0.2) is 18.2 Å². The highest BCUT2D eigenvalue weighted by Crippen LogP contribution is 2.59. The number of hydrogen-bond donors (Lipinski definition) is 3. The van der Waals surface area contributed by atoms with Gasteiger partial charge in [-0.25, -0.2) is 4.79 Å². The van der Waals surface area contributed by atoms with Crippen LogP contribution in [-0.2, 0) is 11.2 Å². The van der Waals surface area contributed by atoms with Crippen molar-refractivity contribution in [3.8, 4) is 5.75 Å². The number of amides is 1. The molecule has 6 nitrogen and oxygen atoms in total. The molecule has 2 fully saturated rings.